The normalized spacial score (nSPS) is 9.56. The van der Waals surface area contributed by atoms with E-state index in [9.17, 15) is 0 Å². The summed E-state index contributed by atoms with van der Waals surface area (Å²) in [5.74, 6) is 1.58. The average Bonchev–Trinajstić information content (AvgIpc) is 3.15. The second kappa shape index (κ2) is 16.8. The Labute approximate surface area is 151 Å². The van der Waals surface area contributed by atoms with E-state index in [1.807, 2.05) is 32.0 Å². The third kappa shape index (κ3) is 12.0. The lowest BCUT2D eigenvalue weighted by atomic mass is 10.1. The monoisotopic (exact) mass is 347 g/mol. The first-order valence-electron chi connectivity index (χ1n) is 8.87. The molecule has 140 valence electrons. The second-order valence-corrected chi connectivity index (χ2v) is 5.55. The Balaban J connectivity index is 0.000000493. The van der Waals surface area contributed by atoms with Gasteiger partial charge in [0.1, 0.15) is 12.6 Å². The van der Waals surface area contributed by atoms with E-state index >= 15 is 0 Å². The van der Waals surface area contributed by atoms with Crippen LogP contribution in [0.15, 0.2) is 30.3 Å². The molecule has 2 rings (SSSR count). The van der Waals surface area contributed by atoms with Gasteiger partial charge in [-0.2, -0.15) is 5.10 Å². The first-order chi connectivity index (χ1) is 12.3. The molecule has 0 bridgehead atoms. The van der Waals surface area contributed by atoms with Crippen LogP contribution < -0.4 is 11.1 Å². The Morgan fingerprint density at radius 3 is 2.40 bits per heavy atom. The van der Waals surface area contributed by atoms with Crippen LogP contribution in [0.2, 0.25) is 0 Å². The van der Waals surface area contributed by atoms with Gasteiger partial charge in [-0.05, 0) is 32.0 Å². The standard InChI is InChI=1S/C11H14N4.C7H17N.CH2O/c12-8-11-13-10(14-15-11)7-6-9-4-2-1-3-5-9;1-3-4-5-6-7-8-2;1-2/h1-5H,6-8,12H2,(H,13,14,15);8H,3-7H2,1-2H3;1H2. The number of aromatic nitrogens is 3. The lowest BCUT2D eigenvalue weighted by Crippen LogP contribution is -2.06. The molecular weight excluding hydrogens is 314 g/mol. The van der Waals surface area contributed by atoms with E-state index in [1.54, 1.807) is 0 Å². The molecule has 0 radical (unpaired) electrons. The van der Waals surface area contributed by atoms with Crippen molar-refractivity contribution in [3.8, 4) is 0 Å². The van der Waals surface area contributed by atoms with Gasteiger partial charge >= 0.3 is 0 Å². The van der Waals surface area contributed by atoms with Crippen molar-refractivity contribution in [3.63, 3.8) is 0 Å². The van der Waals surface area contributed by atoms with Gasteiger partial charge in [-0.25, -0.2) is 4.98 Å². The third-order valence-electron chi connectivity index (χ3n) is 3.53. The highest BCUT2D eigenvalue weighted by molar-refractivity contribution is 5.15. The van der Waals surface area contributed by atoms with Gasteiger partial charge in [0.2, 0.25) is 0 Å². The number of carbonyl (C=O) groups excluding carboxylic acids is 1. The summed E-state index contributed by atoms with van der Waals surface area (Å²) in [6.45, 7) is 5.83. The molecule has 6 nitrogen and oxygen atoms in total. The van der Waals surface area contributed by atoms with E-state index in [0.29, 0.717) is 6.54 Å². The van der Waals surface area contributed by atoms with Crippen molar-refractivity contribution in [2.75, 3.05) is 13.6 Å². The fraction of sp³-hybridized carbons (Fsp3) is 0.526. The number of hydrogen-bond donors (Lipinski definition) is 3. The molecule has 2 aromatic rings. The number of nitrogens with one attached hydrogen (secondary N) is 2. The predicted molar refractivity (Wildman–Crippen MR) is 103 cm³/mol. The number of H-pyrrole nitrogens is 1. The second-order valence-electron chi connectivity index (χ2n) is 5.55. The summed E-state index contributed by atoms with van der Waals surface area (Å²) in [5, 5.41) is 10.0. The number of rotatable bonds is 9. The first kappa shape index (κ1) is 22.9. The van der Waals surface area contributed by atoms with Crippen molar-refractivity contribution >= 4 is 6.79 Å². The molecule has 0 spiro atoms. The minimum Gasteiger partial charge on any atom is -0.324 e. The highest BCUT2D eigenvalue weighted by Gasteiger charge is 2.01. The maximum atomic E-state index is 8.00. The zero-order valence-corrected chi connectivity index (χ0v) is 15.6. The van der Waals surface area contributed by atoms with Gasteiger partial charge in [-0.15, -0.1) is 0 Å². The van der Waals surface area contributed by atoms with Crippen LogP contribution in [0.3, 0.4) is 0 Å². The van der Waals surface area contributed by atoms with Gasteiger partial charge in [-0.3, -0.25) is 5.10 Å². The summed E-state index contributed by atoms with van der Waals surface area (Å²) in [4.78, 5) is 12.3. The van der Waals surface area contributed by atoms with Crippen molar-refractivity contribution in [3.05, 3.63) is 47.5 Å². The lowest BCUT2D eigenvalue weighted by molar-refractivity contribution is -0.0979. The number of benzene rings is 1. The van der Waals surface area contributed by atoms with Gasteiger partial charge < -0.3 is 15.8 Å². The van der Waals surface area contributed by atoms with E-state index in [4.69, 9.17) is 10.5 Å². The van der Waals surface area contributed by atoms with Crippen LogP contribution >= 0.6 is 0 Å². The Bertz CT molecular complexity index is 510. The number of aromatic amines is 1. The molecule has 25 heavy (non-hydrogen) atoms. The predicted octanol–water partition coefficient (Wildman–Crippen LogP) is 2.65. The zero-order valence-electron chi connectivity index (χ0n) is 15.6. The zero-order chi connectivity index (χ0) is 18.8. The van der Waals surface area contributed by atoms with Crippen molar-refractivity contribution in [2.24, 2.45) is 5.73 Å². The summed E-state index contributed by atoms with van der Waals surface area (Å²) < 4.78 is 0. The smallest absolute Gasteiger partial charge is 0.151 e. The maximum Gasteiger partial charge on any atom is 0.151 e. The molecule has 0 atom stereocenters. The highest BCUT2D eigenvalue weighted by Crippen LogP contribution is 2.03. The molecule has 1 heterocycles. The van der Waals surface area contributed by atoms with E-state index in [-0.39, 0.29) is 0 Å². The molecule has 0 amide bonds. The largest absolute Gasteiger partial charge is 0.324 e. The van der Waals surface area contributed by atoms with E-state index < -0.39 is 0 Å². The molecule has 0 fully saturated rings. The number of unbranched alkanes of at least 4 members (excludes halogenated alkanes) is 3. The van der Waals surface area contributed by atoms with Crippen LogP contribution in [-0.2, 0) is 24.2 Å². The number of aryl methyl sites for hydroxylation is 2. The summed E-state index contributed by atoms with van der Waals surface area (Å²) in [7, 11) is 2.01. The van der Waals surface area contributed by atoms with Crippen molar-refractivity contribution in [2.45, 2.75) is 52.0 Å². The van der Waals surface area contributed by atoms with Gasteiger partial charge in [-0.1, -0.05) is 56.5 Å². The third-order valence-corrected chi connectivity index (χ3v) is 3.53. The van der Waals surface area contributed by atoms with Crippen LogP contribution in [0.4, 0.5) is 0 Å². The van der Waals surface area contributed by atoms with E-state index in [1.165, 1.54) is 37.8 Å². The van der Waals surface area contributed by atoms with Gasteiger partial charge in [0.15, 0.2) is 5.82 Å². The average molecular weight is 348 g/mol. The van der Waals surface area contributed by atoms with Gasteiger partial charge in [0, 0.05) is 6.42 Å². The van der Waals surface area contributed by atoms with Crippen molar-refractivity contribution < 1.29 is 4.79 Å². The number of nitrogens with zero attached hydrogens (tertiary/aromatic N) is 2. The number of carbonyl (C=O) groups is 1. The lowest BCUT2D eigenvalue weighted by Gasteiger charge is -1.96. The summed E-state index contributed by atoms with van der Waals surface area (Å²) in [6.07, 6.45) is 7.26. The fourth-order valence-electron chi connectivity index (χ4n) is 2.17. The van der Waals surface area contributed by atoms with E-state index in [2.05, 4.69) is 39.6 Å². The Hall–Kier alpha value is -2.05. The molecule has 6 heteroatoms. The summed E-state index contributed by atoms with van der Waals surface area (Å²) in [6, 6.07) is 10.3. The molecule has 1 aromatic carbocycles. The summed E-state index contributed by atoms with van der Waals surface area (Å²) >= 11 is 0. The molecule has 0 aliphatic carbocycles. The molecule has 0 saturated carbocycles. The molecule has 0 saturated heterocycles. The fourth-order valence-corrected chi connectivity index (χ4v) is 2.17. The topological polar surface area (TPSA) is 96.7 Å². The number of nitrogens with two attached hydrogens (primary N) is 1. The van der Waals surface area contributed by atoms with Crippen LogP contribution in [0.5, 0.6) is 0 Å². The highest BCUT2D eigenvalue weighted by atomic mass is 16.1. The molecule has 0 aliphatic heterocycles. The maximum absolute atomic E-state index is 8.00. The van der Waals surface area contributed by atoms with Crippen LogP contribution in [-0.4, -0.2) is 35.6 Å². The first-order valence-corrected chi connectivity index (χ1v) is 8.87. The SMILES string of the molecule is C=O.CCCCCCNC.NCc1nc(CCc2ccccc2)n[nH]1. The van der Waals surface area contributed by atoms with Gasteiger partial charge in [0.25, 0.3) is 0 Å². The van der Waals surface area contributed by atoms with Crippen molar-refractivity contribution in [1.29, 1.82) is 0 Å². The molecule has 0 unspecified atom stereocenters. The number of hydrogen-bond acceptors (Lipinski definition) is 5. The Morgan fingerprint density at radius 1 is 1.12 bits per heavy atom. The molecule has 4 N–H and O–H groups in total. The van der Waals surface area contributed by atoms with Gasteiger partial charge in [0.05, 0.1) is 6.54 Å². The Kier molecular flexibility index (Phi) is 15.4. The van der Waals surface area contributed by atoms with Crippen LogP contribution in [0, 0.1) is 0 Å². The molecule has 1 aromatic heterocycles. The van der Waals surface area contributed by atoms with E-state index in [0.717, 1.165) is 24.5 Å². The molecule has 0 aliphatic rings. The van der Waals surface area contributed by atoms with Crippen molar-refractivity contribution in [1.82, 2.24) is 20.5 Å². The quantitative estimate of drug-likeness (QED) is 0.606. The minimum absolute atomic E-state index is 0.415. The minimum atomic E-state index is 0.415. The van der Waals surface area contributed by atoms with Crippen LogP contribution in [0.25, 0.3) is 0 Å². The van der Waals surface area contributed by atoms with Crippen LogP contribution in [0.1, 0.15) is 49.8 Å². The summed E-state index contributed by atoms with van der Waals surface area (Å²) in [5.41, 5.74) is 6.74. The molecular formula is C19H33N5O. The Morgan fingerprint density at radius 2 is 1.84 bits per heavy atom.